The van der Waals surface area contributed by atoms with Crippen LogP contribution < -0.4 is 5.73 Å². The molecule has 2 rings (SSSR count). The van der Waals surface area contributed by atoms with Gasteiger partial charge in [0.05, 0.1) is 26.4 Å². The molecule has 0 aliphatic carbocycles. The first-order chi connectivity index (χ1) is 20.7. The van der Waals surface area contributed by atoms with Crippen molar-refractivity contribution in [2.45, 2.75) is 25.7 Å². The largest absolute Gasteiger partial charge is 0.508 e. The van der Waals surface area contributed by atoms with Crippen molar-refractivity contribution in [1.29, 1.82) is 0 Å². The van der Waals surface area contributed by atoms with Crippen LogP contribution in [0.3, 0.4) is 0 Å². The zero-order chi connectivity index (χ0) is 31.3. The number of nitrogens with zero attached hydrogens (tertiary/aromatic N) is 2. The number of guanidine groups is 1. The number of hydrogen-bond acceptors (Lipinski definition) is 10. The van der Waals surface area contributed by atoms with Crippen LogP contribution in [0.15, 0.2) is 65.4 Å². The maximum Gasteiger partial charge on any atom is 0.508 e. The Morgan fingerprint density at radius 1 is 0.744 bits per heavy atom. The highest BCUT2D eigenvalue weighted by molar-refractivity contribution is 7.52. The fourth-order valence-electron chi connectivity index (χ4n) is 3.37. The molecule has 0 amide bonds. The van der Waals surface area contributed by atoms with Gasteiger partial charge < -0.3 is 34.7 Å². The molecule has 0 heterocycles. The molecule has 0 fully saturated rings. The van der Waals surface area contributed by atoms with Crippen LogP contribution in [0.5, 0.6) is 0 Å². The van der Waals surface area contributed by atoms with E-state index in [1.54, 1.807) is 0 Å². The molecule has 43 heavy (non-hydrogen) atoms. The molecule has 0 saturated carbocycles. The summed E-state index contributed by atoms with van der Waals surface area (Å²) in [6.45, 7) is -1.78. The van der Waals surface area contributed by atoms with Gasteiger partial charge in [-0.05, 0) is 36.8 Å². The van der Waals surface area contributed by atoms with Crippen LogP contribution in [0.25, 0.3) is 0 Å². The van der Waals surface area contributed by atoms with Crippen LogP contribution in [-0.2, 0) is 50.2 Å². The highest BCUT2D eigenvalue weighted by Gasteiger charge is 2.27. The minimum Gasteiger partial charge on any atom is -0.480 e. The monoisotopic (exact) mass is 623 g/mol. The summed E-state index contributed by atoms with van der Waals surface area (Å²) in [7, 11) is -3.04. The Morgan fingerprint density at radius 2 is 1.16 bits per heavy atom. The lowest BCUT2D eigenvalue weighted by Gasteiger charge is -2.19. The predicted octanol–water partition coefficient (Wildman–Crippen LogP) is 4.03. The van der Waals surface area contributed by atoms with Crippen molar-refractivity contribution in [2.24, 2.45) is 10.5 Å². The van der Waals surface area contributed by atoms with Gasteiger partial charge in [-0.1, -0.05) is 60.7 Å². The van der Waals surface area contributed by atoms with E-state index in [-0.39, 0.29) is 26.4 Å². The summed E-state index contributed by atoms with van der Waals surface area (Å²) in [6, 6.07) is 19.4. The molecule has 0 radical (unpaired) electrons. The Bertz CT molecular complexity index is 1130. The smallest absolute Gasteiger partial charge is 0.480 e. The first kappa shape index (κ1) is 35.1. The van der Waals surface area contributed by atoms with E-state index >= 15 is 0 Å². The van der Waals surface area contributed by atoms with Gasteiger partial charge in [-0.2, -0.15) is 0 Å². The molecular weight excluding hydrogens is 585 g/mol. The van der Waals surface area contributed by atoms with Gasteiger partial charge in [0.15, 0.2) is 0 Å². The lowest BCUT2D eigenvalue weighted by Crippen LogP contribution is -2.37. The third kappa shape index (κ3) is 16.2. The average Bonchev–Trinajstić information content (AvgIpc) is 2.99. The van der Waals surface area contributed by atoms with E-state index < -0.39 is 51.7 Å². The summed E-state index contributed by atoms with van der Waals surface area (Å²) in [5, 5.41) is 8.95. The topological polar surface area (TPSA) is 186 Å². The Morgan fingerprint density at radius 3 is 1.58 bits per heavy atom. The molecule has 15 heteroatoms. The van der Waals surface area contributed by atoms with E-state index in [9.17, 15) is 18.9 Å². The minimum absolute atomic E-state index is 0.141. The van der Waals surface area contributed by atoms with E-state index in [0.717, 1.165) is 28.9 Å². The van der Waals surface area contributed by atoms with Gasteiger partial charge in [0, 0.05) is 7.05 Å². The Hall–Kier alpha value is -4.13. The standard InChI is InChI=1S/C28H38N3O11P/c1-31(22-25(32)33)26(29)30-43(36,41-20-18-39-27(34)37-16-8-14-23-10-4-2-5-11-23)42-21-19-40-28(35)38-17-9-15-24-12-6-3-7-13-24/h2-7,10-13H,8-9,14-22H2,1H3,(H,32,33)(H2,29,30,36). The molecule has 2 aromatic carbocycles. The molecular formula is C28H38N3O11P. The Kier molecular flexibility index (Phi) is 16.2. The molecule has 0 bridgehead atoms. The van der Waals surface area contributed by atoms with Crippen LogP contribution in [-0.4, -0.2) is 87.5 Å². The van der Waals surface area contributed by atoms with Crippen molar-refractivity contribution in [1.82, 2.24) is 4.90 Å². The van der Waals surface area contributed by atoms with Gasteiger partial charge in [0.25, 0.3) is 0 Å². The van der Waals surface area contributed by atoms with Crippen molar-refractivity contribution in [3.63, 3.8) is 0 Å². The number of aryl methyl sites for hydroxylation is 2. The number of carbonyl (C=O) groups excluding carboxylic acids is 2. The van der Waals surface area contributed by atoms with Gasteiger partial charge in [0.2, 0.25) is 5.96 Å². The van der Waals surface area contributed by atoms with Crippen LogP contribution in [0.2, 0.25) is 0 Å². The van der Waals surface area contributed by atoms with Crippen molar-refractivity contribution >= 4 is 32.0 Å². The van der Waals surface area contributed by atoms with E-state index in [1.165, 1.54) is 7.05 Å². The number of hydrogen-bond donors (Lipinski definition) is 2. The van der Waals surface area contributed by atoms with Crippen LogP contribution in [0.4, 0.5) is 9.59 Å². The van der Waals surface area contributed by atoms with Gasteiger partial charge in [-0.25, -0.2) is 14.2 Å². The molecule has 0 spiro atoms. The van der Waals surface area contributed by atoms with Gasteiger partial charge in [-0.3, -0.25) is 13.8 Å². The number of nitrogens with two attached hydrogens (primary N) is 1. The second-order valence-electron chi connectivity index (χ2n) is 8.92. The van der Waals surface area contributed by atoms with Crippen molar-refractivity contribution in [2.75, 3.05) is 53.2 Å². The lowest BCUT2D eigenvalue weighted by molar-refractivity contribution is -0.137. The zero-order valence-corrected chi connectivity index (χ0v) is 24.9. The number of carboxylic acids is 1. The fraction of sp³-hybridized carbons (Fsp3) is 0.429. The predicted molar refractivity (Wildman–Crippen MR) is 156 cm³/mol. The first-order valence-electron chi connectivity index (χ1n) is 13.5. The molecule has 0 saturated heterocycles. The van der Waals surface area contributed by atoms with E-state index in [2.05, 4.69) is 4.76 Å². The number of carbonyl (C=O) groups is 3. The summed E-state index contributed by atoms with van der Waals surface area (Å²) in [6.07, 6.45) is 0.769. The summed E-state index contributed by atoms with van der Waals surface area (Å²) in [5.41, 5.74) is 7.97. The molecule has 3 N–H and O–H groups in total. The van der Waals surface area contributed by atoms with E-state index in [0.29, 0.717) is 12.8 Å². The number of ether oxygens (including phenoxy) is 4. The lowest BCUT2D eigenvalue weighted by atomic mass is 10.1. The number of aliphatic carboxylic acids is 1. The molecule has 14 nitrogen and oxygen atoms in total. The summed E-state index contributed by atoms with van der Waals surface area (Å²) < 4.78 is 47.1. The number of likely N-dealkylation sites (N-methyl/N-ethyl adjacent to an activating group) is 1. The van der Waals surface area contributed by atoms with Gasteiger partial charge in [0.1, 0.15) is 19.8 Å². The highest BCUT2D eigenvalue weighted by atomic mass is 31.2. The normalized spacial score (nSPS) is 11.4. The zero-order valence-electron chi connectivity index (χ0n) is 24.0. The SMILES string of the molecule is CN(CC(=O)O)C(N)=NP(=O)(OCCOC(=O)OCCCc1ccccc1)OCCOC(=O)OCCCc1ccccc1. The second kappa shape index (κ2) is 19.9. The number of benzene rings is 2. The average molecular weight is 624 g/mol. The minimum atomic E-state index is -4.35. The second-order valence-corrected chi connectivity index (χ2v) is 10.6. The van der Waals surface area contributed by atoms with E-state index in [1.807, 2.05) is 60.7 Å². The van der Waals surface area contributed by atoms with Crippen molar-refractivity contribution < 1.29 is 52.1 Å². The third-order valence-electron chi connectivity index (χ3n) is 5.45. The Balaban J connectivity index is 1.74. The molecule has 0 unspecified atom stereocenters. The fourth-order valence-corrected chi connectivity index (χ4v) is 4.58. The van der Waals surface area contributed by atoms with Gasteiger partial charge >= 0.3 is 26.0 Å². The highest BCUT2D eigenvalue weighted by Crippen LogP contribution is 2.49. The summed E-state index contributed by atoms with van der Waals surface area (Å²) >= 11 is 0. The summed E-state index contributed by atoms with van der Waals surface area (Å²) in [4.78, 5) is 35.6. The maximum atomic E-state index is 13.2. The maximum absolute atomic E-state index is 13.2. The molecule has 0 aliphatic rings. The number of carboxylic acid groups (broad SMARTS) is 1. The third-order valence-corrected chi connectivity index (χ3v) is 6.92. The van der Waals surface area contributed by atoms with Crippen LogP contribution in [0.1, 0.15) is 24.0 Å². The molecule has 0 aliphatic heterocycles. The van der Waals surface area contributed by atoms with Crippen LogP contribution in [0, 0.1) is 0 Å². The van der Waals surface area contributed by atoms with Gasteiger partial charge in [-0.15, -0.1) is 4.76 Å². The van der Waals surface area contributed by atoms with Crippen LogP contribution >= 0.6 is 7.75 Å². The molecule has 0 atom stereocenters. The number of rotatable bonds is 19. The van der Waals surface area contributed by atoms with E-state index in [4.69, 9.17) is 38.8 Å². The molecule has 0 aromatic heterocycles. The molecule has 236 valence electrons. The summed E-state index contributed by atoms with van der Waals surface area (Å²) in [5.74, 6) is -1.65. The Labute approximate surface area is 250 Å². The van der Waals surface area contributed by atoms with Crippen molar-refractivity contribution in [3.05, 3.63) is 71.8 Å². The quantitative estimate of drug-likeness (QED) is 0.0752. The molecule has 2 aromatic rings. The van der Waals surface area contributed by atoms with Crippen molar-refractivity contribution in [3.8, 4) is 0 Å². The first-order valence-corrected chi connectivity index (χ1v) is 15.0.